The molecule has 0 aromatic heterocycles. The highest BCUT2D eigenvalue weighted by Crippen LogP contribution is 2.48. The van der Waals surface area contributed by atoms with Gasteiger partial charge in [0.05, 0.1) is 0 Å². The van der Waals surface area contributed by atoms with Crippen LogP contribution in [0.2, 0.25) is 0 Å². The minimum atomic E-state index is 0. The van der Waals surface area contributed by atoms with Crippen LogP contribution in [0.3, 0.4) is 0 Å². The first-order chi connectivity index (χ1) is 9.21. The smallest absolute Gasteiger partial charge is 0.00981 e. The first-order valence-corrected chi connectivity index (χ1v) is 8.96. The quantitative estimate of drug-likeness (QED) is 0.512. The molecule has 3 atom stereocenters. The van der Waals surface area contributed by atoms with Gasteiger partial charge in [0.15, 0.2) is 0 Å². The van der Waals surface area contributed by atoms with E-state index in [0.29, 0.717) is 11.5 Å². The molecule has 0 aromatic carbocycles. The third kappa shape index (κ3) is 5.22. The zero-order valence-electron chi connectivity index (χ0n) is 14.1. The van der Waals surface area contributed by atoms with Crippen molar-refractivity contribution < 1.29 is 0 Å². The van der Waals surface area contributed by atoms with Gasteiger partial charge in [0.1, 0.15) is 0 Å². The molecule has 0 aliphatic heterocycles. The molecule has 1 saturated carbocycles. The van der Waals surface area contributed by atoms with Gasteiger partial charge in [-0.3, -0.25) is 0 Å². The molecule has 0 spiro atoms. The molecule has 1 nitrogen and oxygen atoms in total. The Labute approximate surface area is 133 Å². The summed E-state index contributed by atoms with van der Waals surface area (Å²) in [6.45, 7) is 7.03. The van der Waals surface area contributed by atoms with Crippen LogP contribution in [0.4, 0.5) is 0 Å². The molecular weight excluding hydrogens is 266 g/mol. The summed E-state index contributed by atoms with van der Waals surface area (Å²) in [5, 5.41) is 0. The van der Waals surface area contributed by atoms with E-state index in [2.05, 4.69) is 20.8 Å². The van der Waals surface area contributed by atoms with Gasteiger partial charge in [-0.2, -0.15) is 0 Å². The Balaban J connectivity index is 0.00000361. The van der Waals surface area contributed by atoms with Crippen molar-refractivity contribution in [2.24, 2.45) is 17.1 Å². The number of hydrogen-bond donors (Lipinski definition) is 1. The highest BCUT2D eigenvalue weighted by Gasteiger charge is 2.42. The number of unbranched alkanes of at least 4 members (excludes halogenated alkanes) is 4. The SMILES string of the molecule is CCCCCCCC(N)C1(CC)CCCCC1CC.Cl. The fraction of sp³-hybridized carbons (Fsp3) is 1.00. The summed E-state index contributed by atoms with van der Waals surface area (Å²) in [7, 11) is 0. The second-order valence-electron chi connectivity index (χ2n) is 6.75. The lowest BCUT2D eigenvalue weighted by Crippen LogP contribution is -2.48. The summed E-state index contributed by atoms with van der Waals surface area (Å²) in [5.74, 6) is 0.886. The summed E-state index contributed by atoms with van der Waals surface area (Å²) < 4.78 is 0. The standard InChI is InChI=1S/C18H37N.ClH/c1-4-7-8-9-10-14-17(19)18(6-3)15-12-11-13-16(18)5-2;/h16-17H,4-15,19H2,1-3H3;1H. The van der Waals surface area contributed by atoms with E-state index >= 15 is 0 Å². The van der Waals surface area contributed by atoms with E-state index in [-0.39, 0.29) is 12.4 Å². The van der Waals surface area contributed by atoms with Crippen LogP contribution >= 0.6 is 12.4 Å². The molecule has 0 heterocycles. The van der Waals surface area contributed by atoms with E-state index in [1.54, 1.807) is 0 Å². The zero-order valence-corrected chi connectivity index (χ0v) is 14.9. The molecule has 0 radical (unpaired) electrons. The molecule has 122 valence electrons. The first kappa shape index (κ1) is 20.2. The van der Waals surface area contributed by atoms with Gasteiger partial charge < -0.3 is 5.73 Å². The van der Waals surface area contributed by atoms with Gasteiger partial charge in [-0.1, -0.05) is 72.1 Å². The Hall–Kier alpha value is 0.250. The lowest BCUT2D eigenvalue weighted by atomic mass is 9.59. The molecule has 3 unspecified atom stereocenters. The van der Waals surface area contributed by atoms with Gasteiger partial charge in [-0.05, 0) is 37.0 Å². The van der Waals surface area contributed by atoms with Crippen LogP contribution in [-0.4, -0.2) is 6.04 Å². The predicted octanol–water partition coefficient (Wildman–Crippen LogP) is 6.09. The Bertz CT molecular complexity index is 231. The third-order valence-electron chi connectivity index (χ3n) is 5.77. The minimum Gasteiger partial charge on any atom is -0.327 e. The molecule has 0 aromatic rings. The van der Waals surface area contributed by atoms with E-state index < -0.39 is 0 Å². The van der Waals surface area contributed by atoms with Gasteiger partial charge in [0.25, 0.3) is 0 Å². The molecule has 20 heavy (non-hydrogen) atoms. The van der Waals surface area contributed by atoms with Gasteiger partial charge in [-0.15, -0.1) is 12.4 Å². The van der Waals surface area contributed by atoms with Crippen LogP contribution in [0.15, 0.2) is 0 Å². The fourth-order valence-electron chi connectivity index (χ4n) is 4.42. The molecule has 0 saturated heterocycles. The van der Waals surface area contributed by atoms with Crippen LogP contribution in [0.25, 0.3) is 0 Å². The summed E-state index contributed by atoms with van der Waals surface area (Å²) in [4.78, 5) is 0. The number of rotatable bonds is 9. The molecule has 1 fully saturated rings. The maximum atomic E-state index is 6.67. The van der Waals surface area contributed by atoms with E-state index in [4.69, 9.17) is 5.73 Å². The van der Waals surface area contributed by atoms with E-state index in [0.717, 1.165) is 5.92 Å². The maximum absolute atomic E-state index is 6.67. The van der Waals surface area contributed by atoms with Crippen LogP contribution in [-0.2, 0) is 0 Å². The molecule has 1 aliphatic carbocycles. The van der Waals surface area contributed by atoms with Crippen molar-refractivity contribution in [3.8, 4) is 0 Å². The Morgan fingerprint density at radius 3 is 2.35 bits per heavy atom. The predicted molar refractivity (Wildman–Crippen MR) is 93.6 cm³/mol. The monoisotopic (exact) mass is 303 g/mol. The van der Waals surface area contributed by atoms with Crippen molar-refractivity contribution in [3.63, 3.8) is 0 Å². The summed E-state index contributed by atoms with van der Waals surface area (Å²) in [6.07, 6.45) is 16.4. The van der Waals surface area contributed by atoms with Crippen LogP contribution in [0.1, 0.15) is 97.8 Å². The van der Waals surface area contributed by atoms with Gasteiger partial charge >= 0.3 is 0 Å². The minimum absolute atomic E-state index is 0. The average Bonchev–Trinajstić information content (AvgIpc) is 2.46. The van der Waals surface area contributed by atoms with Crippen LogP contribution < -0.4 is 5.73 Å². The van der Waals surface area contributed by atoms with Crippen LogP contribution in [0, 0.1) is 11.3 Å². The van der Waals surface area contributed by atoms with Crippen LogP contribution in [0.5, 0.6) is 0 Å². The van der Waals surface area contributed by atoms with Gasteiger partial charge in [-0.25, -0.2) is 0 Å². The third-order valence-corrected chi connectivity index (χ3v) is 5.77. The van der Waals surface area contributed by atoms with Crippen molar-refractivity contribution in [1.29, 1.82) is 0 Å². The van der Waals surface area contributed by atoms with Crippen molar-refractivity contribution in [1.82, 2.24) is 0 Å². The van der Waals surface area contributed by atoms with Crippen molar-refractivity contribution in [2.45, 2.75) is 104 Å². The van der Waals surface area contributed by atoms with Crippen molar-refractivity contribution in [2.75, 3.05) is 0 Å². The Kier molecular flexibility index (Phi) is 11.0. The van der Waals surface area contributed by atoms with E-state index in [1.165, 1.54) is 77.0 Å². The number of hydrogen-bond acceptors (Lipinski definition) is 1. The second kappa shape index (κ2) is 10.9. The van der Waals surface area contributed by atoms with E-state index in [9.17, 15) is 0 Å². The largest absolute Gasteiger partial charge is 0.327 e. The molecule has 2 heteroatoms. The van der Waals surface area contributed by atoms with E-state index in [1.807, 2.05) is 0 Å². The van der Waals surface area contributed by atoms with Gasteiger partial charge in [0.2, 0.25) is 0 Å². The highest BCUT2D eigenvalue weighted by molar-refractivity contribution is 5.85. The summed E-state index contributed by atoms with van der Waals surface area (Å²) >= 11 is 0. The van der Waals surface area contributed by atoms with Gasteiger partial charge in [0, 0.05) is 6.04 Å². The Morgan fingerprint density at radius 2 is 1.75 bits per heavy atom. The normalized spacial score (nSPS) is 27.9. The number of halogens is 1. The molecule has 2 N–H and O–H groups in total. The van der Waals surface area contributed by atoms with Crippen molar-refractivity contribution in [3.05, 3.63) is 0 Å². The molecule has 1 rings (SSSR count). The summed E-state index contributed by atoms with van der Waals surface area (Å²) in [5.41, 5.74) is 7.14. The molecule has 0 amide bonds. The molecule has 0 bridgehead atoms. The fourth-order valence-corrected chi connectivity index (χ4v) is 4.42. The topological polar surface area (TPSA) is 26.0 Å². The molecular formula is C18H38ClN. The molecule has 1 aliphatic rings. The van der Waals surface area contributed by atoms with Crippen molar-refractivity contribution >= 4 is 12.4 Å². The highest BCUT2D eigenvalue weighted by atomic mass is 35.5. The maximum Gasteiger partial charge on any atom is 0.00981 e. The summed E-state index contributed by atoms with van der Waals surface area (Å²) in [6, 6.07) is 0.448. The number of nitrogens with two attached hydrogens (primary N) is 1. The lowest BCUT2D eigenvalue weighted by molar-refractivity contribution is 0.0494. The second-order valence-corrected chi connectivity index (χ2v) is 6.75. The zero-order chi connectivity index (χ0) is 14.1. The first-order valence-electron chi connectivity index (χ1n) is 8.96. The Morgan fingerprint density at radius 1 is 1.05 bits per heavy atom. The average molecular weight is 304 g/mol. The lowest BCUT2D eigenvalue weighted by Gasteiger charge is -2.48.